The Labute approximate surface area is 114 Å². The third-order valence-corrected chi connectivity index (χ3v) is 2.32. The Hall–Kier alpha value is -1.63. The molecule has 19 heavy (non-hydrogen) atoms. The summed E-state index contributed by atoms with van der Waals surface area (Å²) >= 11 is 0. The monoisotopic (exact) mass is 268 g/mol. The zero-order chi connectivity index (χ0) is 14.4. The summed E-state index contributed by atoms with van der Waals surface area (Å²) in [6.45, 7) is 11.9. The van der Waals surface area contributed by atoms with Crippen LogP contribution >= 0.6 is 0 Å². The van der Waals surface area contributed by atoms with Gasteiger partial charge in [0.15, 0.2) is 0 Å². The standard InChI is InChI=1S/C12H24N6O/c1-6-18(7-8(2)3)11-14-10(17-13)15-12(16-11)19-9(4)5/h8-9H,6-7,13H2,1-5H3,(H,14,15,16,17). The lowest BCUT2D eigenvalue weighted by molar-refractivity contribution is 0.222. The molecule has 0 saturated carbocycles. The van der Waals surface area contributed by atoms with Crippen molar-refractivity contribution in [2.75, 3.05) is 23.4 Å². The molecule has 7 nitrogen and oxygen atoms in total. The Morgan fingerprint density at radius 2 is 1.89 bits per heavy atom. The minimum atomic E-state index is 0.000972. The lowest BCUT2D eigenvalue weighted by Gasteiger charge is -2.23. The van der Waals surface area contributed by atoms with Gasteiger partial charge >= 0.3 is 6.01 Å². The number of nitrogen functional groups attached to an aromatic ring is 1. The van der Waals surface area contributed by atoms with Crippen molar-refractivity contribution in [2.24, 2.45) is 11.8 Å². The van der Waals surface area contributed by atoms with E-state index >= 15 is 0 Å². The Morgan fingerprint density at radius 3 is 2.37 bits per heavy atom. The van der Waals surface area contributed by atoms with Crippen LogP contribution in [0.4, 0.5) is 11.9 Å². The maximum absolute atomic E-state index is 5.51. The molecule has 0 spiro atoms. The van der Waals surface area contributed by atoms with Gasteiger partial charge in [0.2, 0.25) is 11.9 Å². The van der Waals surface area contributed by atoms with Crippen molar-refractivity contribution in [3.05, 3.63) is 0 Å². The summed E-state index contributed by atoms with van der Waals surface area (Å²) in [4.78, 5) is 14.8. The summed E-state index contributed by atoms with van der Waals surface area (Å²) in [7, 11) is 0. The van der Waals surface area contributed by atoms with E-state index < -0.39 is 0 Å². The van der Waals surface area contributed by atoms with E-state index in [-0.39, 0.29) is 12.1 Å². The summed E-state index contributed by atoms with van der Waals surface area (Å²) in [5, 5.41) is 0. The van der Waals surface area contributed by atoms with Gasteiger partial charge in [-0.2, -0.15) is 15.0 Å². The lowest BCUT2D eigenvalue weighted by Crippen LogP contribution is -2.30. The van der Waals surface area contributed by atoms with Crippen LogP contribution < -0.4 is 20.9 Å². The van der Waals surface area contributed by atoms with Crippen molar-refractivity contribution in [2.45, 2.75) is 40.7 Å². The fourth-order valence-corrected chi connectivity index (χ4v) is 1.61. The van der Waals surface area contributed by atoms with Crippen LogP contribution in [0.1, 0.15) is 34.6 Å². The Balaban J connectivity index is 3.03. The molecule has 0 aromatic carbocycles. The second kappa shape index (κ2) is 7.08. The predicted molar refractivity (Wildman–Crippen MR) is 76.1 cm³/mol. The molecule has 1 rings (SSSR count). The van der Waals surface area contributed by atoms with E-state index in [0.29, 0.717) is 17.8 Å². The van der Waals surface area contributed by atoms with Crippen LogP contribution in [-0.2, 0) is 0 Å². The number of nitrogens with two attached hydrogens (primary N) is 1. The molecule has 0 aliphatic rings. The van der Waals surface area contributed by atoms with Crippen LogP contribution in [0.15, 0.2) is 0 Å². The number of hydrazine groups is 1. The first-order valence-electron chi connectivity index (χ1n) is 6.60. The molecule has 0 radical (unpaired) electrons. The highest BCUT2D eigenvalue weighted by Gasteiger charge is 2.14. The molecule has 108 valence electrons. The quantitative estimate of drug-likeness (QED) is 0.571. The zero-order valence-electron chi connectivity index (χ0n) is 12.3. The highest BCUT2D eigenvalue weighted by atomic mass is 16.5. The molecule has 0 saturated heterocycles. The normalized spacial score (nSPS) is 10.9. The third-order valence-electron chi connectivity index (χ3n) is 2.32. The second-order valence-corrected chi connectivity index (χ2v) is 4.99. The van der Waals surface area contributed by atoms with Crippen molar-refractivity contribution in [1.82, 2.24) is 15.0 Å². The van der Waals surface area contributed by atoms with E-state index in [1.807, 2.05) is 13.8 Å². The smallest absolute Gasteiger partial charge is 0.323 e. The van der Waals surface area contributed by atoms with Crippen LogP contribution in [0, 0.1) is 5.92 Å². The van der Waals surface area contributed by atoms with Crippen molar-refractivity contribution < 1.29 is 4.74 Å². The van der Waals surface area contributed by atoms with Crippen molar-refractivity contribution in [3.8, 4) is 6.01 Å². The van der Waals surface area contributed by atoms with E-state index in [4.69, 9.17) is 10.6 Å². The van der Waals surface area contributed by atoms with Gasteiger partial charge in [-0.05, 0) is 26.7 Å². The van der Waals surface area contributed by atoms with Crippen molar-refractivity contribution >= 4 is 11.9 Å². The van der Waals surface area contributed by atoms with Gasteiger partial charge in [-0.1, -0.05) is 13.8 Å². The van der Waals surface area contributed by atoms with E-state index in [2.05, 4.69) is 46.0 Å². The lowest BCUT2D eigenvalue weighted by atomic mass is 10.2. The molecular formula is C12H24N6O. The van der Waals surface area contributed by atoms with Gasteiger partial charge in [-0.15, -0.1) is 0 Å². The summed E-state index contributed by atoms with van der Waals surface area (Å²) in [6.07, 6.45) is 0.000972. The molecule has 7 heteroatoms. The molecule has 1 aromatic heterocycles. The average molecular weight is 268 g/mol. The van der Waals surface area contributed by atoms with Crippen molar-refractivity contribution in [3.63, 3.8) is 0 Å². The highest BCUT2D eigenvalue weighted by Crippen LogP contribution is 2.16. The van der Waals surface area contributed by atoms with Gasteiger partial charge in [0.25, 0.3) is 0 Å². The molecule has 0 fully saturated rings. The molecule has 0 unspecified atom stereocenters. The van der Waals surface area contributed by atoms with Crippen LogP contribution in [0.2, 0.25) is 0 Å². The molecular weight excluding hydrogens is 244 g/mol. The Morgan fingerprint density at radius 1 is 1.21 bits per heavy atom. The minimum absolute atomic E-state index is 0.000972. The fraction of sp³-hybridized carbons (Fsp3) is 0.750. The first-order valence-corrected chi connectivity index (χ1v) is 6.60. The van der Waals surface area contributed by atoms with Gasteiger partial charge in [0, 0.05) is 13.1 Å². The summed E-state index contributed by atoms with van der Waals surface area (Å²) in [5.74, 6) is 6.79. The summed E-state index contributed by atoms with van der Waals surface area (Å²) < 4.78 is 5.51. The van der Waals surface area contributed by atoms with E-state index in [1.165, 1.54) is 0 Å². The molecule has 0 aliphatic heterocycles. The first-order chi connectivity index (χ1) is 8.96. The number of nitrogens with one attached hydrogen (secondary N) is 1. The SMILES string of the molecule is CCN(CC(C)C)c1nc(NN)nc(OC(C)C)n1. The molecule has 3 N–H and O–H groups in total. The van der Waals surface area contributed by atoms with Gasteiger partial charge in [0.05, 0.1) is 6.10 Å². The molecule has 1 aromatic rings. The topological polar surface area (TPSA) is 89.2 Å². The van der Waals surface area contributed by atoms with Crippen LogP contribution in [0.25, 0.3) is 0 Å². The molecule has 1 heterocycles. The number of rotatable bonds is 7. The van der Waals surface area contributed by atoms with Gasteiger partial charge in [-0.3, -0.25) is 5.43 Å². The van der Waals surface area contributed by atoms with Crippen LogP contribution in [-0.4, -0.2) is 34.1 Å². The number of nitrogens with zero attached hydrogens (tertiary/aromatic N) is 4. The molecule has 0 atom stereocenters. The maximum Gasteiger partial charge on any atom is 0.323 e. The van der Waals surface area contributed by atoms with E-state index in [9.17, 15) is 0 Å². The molecule has 0 bridgehead atoms. The largest absolute Gasteiger partial charge is 0.461 e. The number of ether oxygens (including phenoxy) is 1. The fourth-order valence-electron chi connectivity index (χ4n) is 1.61. The maximum atomic E-state index is 5.51. The third kappa shape index (κ3) is 4.86. The number of hydrogen-bond acceptors (Lipinski definition) is 7. The Bertz CT molecular complexity index is 396. The molecule has 0 aliphatic carbocycles. The minimum Gasteiger partial charge on any atom is -0.461 e. The van der Waals surface area contributed by atoms with Gasteiger partial charge in [-0.25, -0.2) is 5.84 Å². The van der Waals surface area contributed by atoms with Crippen molar-refractivity contribution in [1.29, 1.82) is 0 Å². The summed E-state index contributed by atoms with van der Waals surface area (Å²) in [5.41, 5.74) is 2.44. The van der Waals surface area contributed by atoms with E-state index in [1.54, 1.807) is 0 Å². The zero-order valence-corrected chi connectivity index (χ0v) is 12.3. The number of hydrogen-bond donors (Lipinski definition) is 2. The van der Waals surface area contributed by atoms with Gasteiger partial charge in [0.1, 0.15) is 0 Å². The van der Waals surface area contributed by atoms with Crippen LogP contribution in [0.3, 0.4) is 0 Å². The Kier molecular flexibility index (Phi) is 5.75. The average Bonchev–Trinajstić information content (AvgIpc) is 2.34. The second-order valence-electron chi connectivity index (χ2n) is 4.99. The molecule has 0 amide bonds. The van der Waals surface area contributed by atoms with E-state index in [0.717, 1.165) is 13.1 Å². The number of aromatic nitrogens is 3. The number of anilines is 2. The highest BCUT2D eigenvalue weighted by molar-refractivity contribution is 5.37. The first kappa shape index (κ1) is 15.4. The van der Waals surface area contributed by atoms with Gasteiger partial charge < -0.3 is 9.64 Å². The summed E-state index contributed by atoms with van der Waals surface area (Å²) in [6, 6.07) is 0.287. The predicted octanol–water partition coefficient (Wildman–Crippen LogP) is 1.43. The van der Waals surface area contributed by atoms with Crippen LogP contribution in [0.5, 0.6) is 6.01 Å².